The number of nitrogens with one attached hydrogen (secondary N) is 2. The van der Waals surface area contributed by atoms with Gasteiger partial charge in [0.2, 0.25) is 0 Å². The second-order valence-electron chi connectivity index (χ2n) is 6.87. The summed E-state index contributed by atoms with van der Waals surface area (Å²) < 4.78 is 5.45. The van der Waals surface area contributed by atoms with Gasteiger partial charge in [-0.15, -0.1) is 0 Å². The van der Waals surface area contributed by atoms with Gasteiger partial charge in [0, 0.05) is 23.0 Å². The van der Waals surface area contributed by atoms with Gasteiger partial charge in [-0.1, -0.05) is 23.8 Å². The zero-order chi connectivity index (χ0) is 19.4. The molecule has 2 N–H and O–H groups in total. The van der Waals surface area contributed by atoms with Gasteiger partial charge in [-0.3, -0.25) is 9.59 Å². The smallest absolute Gasteiger partial charge is 0.257 e. The molecule has 0 unspecified atom stereocenters. The number of aryl methyl sites for hydroxylation is 3. The van der Waals surface area contributed by atoms with Crippen LogP contribution in [0.5, 0.6) is 5.75 Å². The second-order valence-corrected chi connectivity index (χ2v) is 6.87. The molecule has 0 spiro atoms. The number of benzene rings is 2. The molecular weight excluding hydrogens is 340 g/mol. The van der Waals surface area contributed by atoms with Crippen LogP contribution in [0.3, 0.4) is 0 Å². The van der Waals surface area contributed by atoms with Gasteiger partial charge in [0.15, 0.2) is 6.61 Å². The summed E-state index contributed by atoms with van der Waals surface area (Å²) in [6.45, 7) is 6.37. The Labute approximate surface area is 158 Å². The molecule has 0 bridgehead atoms. The number of carbonyl (C=O) groups is 1. The molecule has 140 valence electrons. The van der Waals surface area contributed by atoms with E-state index in [1.165, 1.54) is 0 Å². The van der Waals surface area contributed by atoms with Crippen molar-refractivity contribution in [2.45, 2.75) is 27.2 Å². The number of hydrogen-bond donors (Lipinski definition) is 2. The van der Waals surface area contributed by atoms with Crippen LogP contribution in [-0.2, 0) is 11.2 Å². The minimum absolute atomic E-state index is 0.0461. The van der Waals surface area contributed by atoms with E-state index in [1.54, 1.807) is 0 Å². The van der Waals surface area contributed by atoms with Crippen molar-refractivity contribution in [2.24, 2.45) is 0 Å². The van der Waals surface area contributed by atoms with Crippen LogP contribution in [0, 0.1) is 20.8 Å². The van der Waals surface area contributed by atoms with Gasteiger partial charge in [0.1, 0.15) is 5.75 Å². The Morgan fingerprint density at radius 3 is 2.52 bits per heavy atom. The monoisotopic (exact) mass is 364 g/mol. The van der Waals surface area contributed by atoms with Crippen LogP contribution in [0.4, 0.5) is 0 Å². The number of hydrogen-bond acceptors (Lipinski definition) is 3. The van der Waals surface area contributed by atoms with Crippen molar-refractivity contribution < 1.29 is 9.53 Å². The number of ether oxygens (including phenoxy) is 1. The lowest BCUT2D eigenvalue weighted by atomic mass is 10.0. The minimum atomic E-state index is -0.209. The maximum Gasteiger partial charge on any atom is 0.257 e. The molecule has 0 saturated carbocycles. The van der Waals surface area contributed by atoms with Crippen LogP contribution in [0.15, 0.2) is 47.3 Å². The fourth-order valence-corrected chi connectivity index (χ4v) is 3.07. The van der Waals surface area contributed by atoms with Crippen molar-refractivity contribution in [3.05, 3.63) is 75.1 Å². The first kappa shape index (κ1) is 18.7. The molecule has 5 nitrogen and oxygen atoms in total. The molecule has 0 aliphatic rings. The molecule has 27 heavy (non-hydrogen) atoms. The van der Waals surface area contributed by atoms with Crippen molar-refractivity contribution in [1.29, 1.82) is 0 Å². The Morgan fingerprint density at radius 1 is 1.04 bits per heavy atom. The summed E-state index contributed by atoms with van der Waals surface area (Å²) in [7, 11) is 0. The van der Waals surface area contributed by atoms with Gasteiger partial charge in [0.25, 0.3) is 11.5 Å². The molecule has 0 aliphatic carbocycles. The van der Waals surface area contributed by atoms with Crippen molar-refractivity contribution in [3.63, 3.8) is 0 Å². The first-order valence-electron chi connectivity index (χ1n) is 9.02. The minimum Gasteiger partial charge on any atom is -0.484 e. The summed E-state index contributed by atoms with van der Waals surface area (Å²) in [6.07, 6.45) is 0.467. The van der Waals surface area contributed by atoms with Crippen LogP contribution < -0.4 is 15.6 Å². The summed E-state index contributed by atoms with van der Waals surface area (Å²) in [4.78, 5) is 27.2. The highest BCUT2D eigenvalue weighted by Gasteiger charge is 2.07. The molecule has 0 fully saturated rings. The number of fused-ring (bicyclic) bond motifs is 1. The molecule has 3 aromatic rings. The Morgan fingerprint density at radius 2 is 1.78 bits per heavy atom. The summed E-state index contributed by atoms with van der Waals surface area (Å²) in [6, 6.07) is 13.5. The van der Waals surface area contributed by atoms with Crippen molar-refractivity contribution in [2.75, 3.05) is 13.2 Å². The maximum absolute atomic E-state index is 12.3. The molecule has 0 radical (unpaired) electrons. The molecule has 2 aromatic carbocycles. The van der Waals surface area contributed by atoms with E-state index in [4.69, 9.17) is 4.74 Å². The number of rotatable bonds is 6. The zero-order valence-electron chi connectivity index (χ0n) is 15.9. The van der Waals surface area contributed by atoms with Crippen LogP contribution in [0.1, 0.15) is 22.3 Å². The number of carbonyl (C=O) groups excluding carboxylic acids is 1. The van der Waals surface area contributed by atoms with Gasteiger partial charge in [0.05, 0.1) is 0 Å². The number of H-pyrrole nitrogens is 1. The van der Waals surface area contributed by atoms with E-state index in [0.717, 1.165) is 27.6 Å². The number of aromatic amines is 1. The predicted octanol–water partition coefficient (Wildman–Crippen LogP) is 3.19. The lowest BCUT2D eigenvalue weighted by Gasteiger charge is -2.09. The second kappa shape index (κ2) is 8.08. The van der Waals surface area contributed by atoms with E-state index < -0.39 is 0 Å². The normalized spacial score (nSPS) is 10.8. The fourth-order valence-electron chi connectivity index (χ4n) is 3.07. The zero-order valence-corrected chi connectivity index (χ0v) is 15.9. The van der Waals surface area contributed by atoms with Crippen LogP contribution >= 0.6 is 0 Å². The standard InChI is InChI=1S/C22H24N2O3/c1-14-4-6-18(7-5-14)27-13-21(25)23-9-8-17-12-19-16(3)10-15(2)11-20(19)24-22(17)26/h4-7,10-12H,8-9,13H2,1-3H3,(H,23,25)(H,24,26). The van der Waals surface area contributed by atoms with Crippen LogP contribution in [0.2, 0.25) is 0 Å². The van der Waals surface area contributed by atoms with Crippen molar-refractivity contribution in [1.82, 2.24) is 10.3 Å². The highest BCUT2D eigenvalue weighted by Crippen LogP contribution is 2.18. The van der Waals surface area contributed by atoms with E-state index >= 15 is 0 Å². The summed E-state index contributed by atoms with van der Waals surface area (Å²) in [5, 5.41) is 3.83. The van der Waals surface area contributed by atoms with Crippen molar-refractivity contribution >= 4 is 16.8 Å². The van der Waals surface area contributed by atoms with Gasteiger partial charge < -0.3 is 15.0 Å². The first-order chi connectivity index (χ1) is 12.9. The molecule has 1 aromatic heterocycles. The number of amides is 1. The molecule has 3 rings (SSSR count). The largest absolute Gasteiger partial charge is 0.484 e. The average molecular weight is 364 g/mol. The highest BCUT2D eigenvalue weighted by atomic mass is 16.5. The Balaban J connectivity index is 1.56. The third-order valence-corrected chi connectivity index (χ3v) is 4.50. The van der Waals surface area contributed by atoms with Gasteiger partial charge in [-0.2, -0.15) is 0 Å². The van der Waals surface area contributed by atoms with Crippen LogP contribution in [-0.4, -0.2) is 24.0 Å². The third-order valence-electron chi connectivity index (χ3n) is 4.50. The molecule has 1 heterocycles. The van der Waals surface area contributed by atoms with E-state index in [-0.39, 0.29) is 18.1 Å². The SMILES string of the molecule is Cc1ccc(OCC(=O)NCCc2cc3c(C)cc(C)cc3[nH]c2=O)cc1. The number of aromatic nitrogens is 1. The van der Waals surface area contributed by atoms with E-state index in [1.807, 2.05) is 57.2 Å². The van der Waals surface area contributed by atoms with E-state index in [9.17, 15) is 9.59 Å². The summed E-state index contributed by atoms with van der Waals surface area (Å²) in [5.74, 6) is 0.451. The Hall–Kier alpha value is -3.08. The lowest BCUT2D eigenvalue weighted by molar-refractivity contribution is -0.123. The van der Waals surface area contributed by atoms with E-state index in [0.29, 0.717) is 24.3 Å². The average Bonchev–Trinajstić information content (AvgIpc) is 2.62. The predicted molar refractivity (Wildman–Crippen MR) is 107 cm³/mol. The lowest BCUT2D eigenvalue weighted by Crippen LogP contribution is -2.31. The topological polar surface area (TPSA) is 71.2 Å². The van der Waals surface area contributed by atoms with Gasteiger partial charge in [-0.05, 0) is 62.6 Å². The molecule has 1 amide bonds. The van der Waals surface area contributed by atoms with Crippen molar-refractivity contribution in [3.8, 4) is 5.75 Å². The molecular formula is C22H24N2O3. The molecule has 0 saturated heterocycles. The molecule has 0 atom stereocenters. The number of pyridine rings is 1. The third kappa shape index (κ3) is 4.76. The molecule has 0 aliphatic heterocycles. The van der Waals surface area contributed by atoms with E-state index in [2.05, 4.69) is 16.4 Å². The summed E-state index contributed by atoms with van der Waals surface area (Å²) in [5.41, 5.74) is 4.77. The molecule has 5 heteroatoms. The Kier molecular flexibility index (Phi) is 5.60. The summed E-state index contributed by atoms with van der Waals surface area (Å²) >= 11 is 0. The fraction of sp³-hybridized carbons (Fsp3) is 0.273. The quantitative estimate of drug-likeness (QED) is 0.706. The van der Waals surface area contributed by atoms with Gasteiger partial charge >= 0.3 is 0 Å². The van der Waals surface area contributed by atoms with Gasteiger partial charge in [-0.25, -0.2) is 0 Å². The maximum atomic E-state index is 12.3. The first-order valence-corrected chi connectivity index (χ1v) is 9.02. The Bertz CT molecular complexity index is 1020. The van der Waals surface area contributed by atoms with Crippen LogP contribution in [0.25, 0.3) is 10.9 Å². The highest BCUT2D eigenvalue weighted by molar-refractivity contribution is 5.83.